The summed E-state index contributed by atoms with van der Waals surface area (Å²) in [6, 6.07) is 0. The zero-order chi connectivity index (χ0) is 12.0. The van der Waals surface area contributed by atoms with Crippen LogP contribution in [0.2, 0.25) is 0 Å². The molecule has 0 saturated carbocycles. The molecule has 3 N–H and O–H groups in total. The Morgan fingerprint density at radius 1 is 1.50 bits per heavy atom. The highest BCUT2D eigenvalue weighted by Crippen LogP contribution is 2.16. The first-order chi connectivity index (χ1) is 7.53. The average molecular weight is 229 g/mol. The Morgan fingerprint density at radius 2 is 2.25 bits per heavy atom. The first-order valence-electron chi connectivity index (χ1n) is 5.86. The second kappa shape index (κ2) is 6.06. The van der Waals surface area contributed by atoms with Crippen LogP contribution in [0.25, 0.3) is 0 Å². The van der Waals surface area contributed by atoms with Gasteiger partial charge in [-0.3, -0.25) is 4.90 Å². The molecule has 5 heteroatoms. The Morgan fingerprint density at radius 3 is 2.88 bits per heavy atom. The Balaban J connectivity index is 2.13. The number of ether oxygens (including phenoxy) is 1. The van der Waals surface area contributed by atoms with Gasteiger partial charge in [-0.1, -0.05) is 5.16 Å². The molecule has 1 heterocycles. The highest BCUT2D eigenvalue weighted by Gasteiger charge is 2.26. The van der Waals surface area contributed by atoms with Crippen molar-refractivity contribution in [1.82, 2.24) is 4.90 Å². The van der Waals surface area contributed by atoms with E-state index in [0.717, 1.165) is 39.1 Å². The van der Waals surface area contributed by atoms with Gasteiger partial charge in [0.05, 0.1) is 12.2 Å². The molecule has 0 atom stereocenters. The Kier molecular flexibility index (Phi) is 5.02. The number of rotatable bonds is 5. The molecule has 0 unspecified atom stereocenters. The van der Waals surface area contributed by atoms with E-state index in [2.05, 4.69) is 23.9 Å². The van der Waals surface area contributed by atoms with Gasteiger partial charge in [0.2, 0.25) is 0 Å². The van der Waals surface area contributed by atoms with Gasteiger partial charge < -0.3 is 15.7 Å². The zero-order valence-corrected chi connectivity index (χ0v) is 10.3. The van der Waals surface area contributed by atoms with Crippen molar-refractivity contribution in [2.45, 2.75) is 38.7 Å². The summed E-state index contributed by atoms with van der Waals surface area (Å²) >= 11 is 0. The van der Waals surface area contributed by atoms with Crippen molar-refractivity contribution in [2.75, 3.05) is 26.2 Å². The number of unbranched alkanes of at least 4 members (excludes halogenated alkanes) is 1. The number of hydrogen-bond donors (Lipinski definition) is 2. The second-order valence-electron chi connectivity index (χ2n) is 4.93. The number of amidine groups is 1. The van der Waals surface area contributed by atoms with Crippen LogP contribution < -0.4 is 5.73 Å². The van der Waals surface area contributed by atoms with E-state index >= 15 is 0 Å². The fourth-order valence-corrected chi connectivity index (χ4v) is 2.00. The van der Waals surface area contributed by atoms with Crippen LogP contribution in [0.15, 0.2) is 5.16 Å². The molecule has 0 bridgehead atoms. The average Bonchev–Trinajstić information content (AvgIpc) is 2.22. The molecular formula is C11H23N3O2. The normalized spacial score (nSPS) is 22.2. The van der Waals surface area contributed by atoms with Gasteiger partial charge in [0.1, 0.15) is 5.84 Å². The summed E-state index contributed by atoms with van der Waals surface area (Å²) in [5.41, 5.74) is 5.38. The Bertz CT molecular complexity index is 241. The molecule has 94 valence electrons. The largest absolute Gasteiger partial charge is 0.409 e. The number of nitrogens with zero attached hydrogens (tertiary/aromatic N) is 2. The fourth-order valence-electron chi connectivity index (χ4n) is 2.00. The molecule has 0 aromatic carbocycles. The molecule has 1 fully saturated rings. The Hall–Kier alpha value is -0.810. The predicted molar refractivity (Wildman–Crippen MR) is 63.7 cm³/mol. The molecule has 1 aliphatic heterocycles. The van der Waals surface area contributed by atoms with E-state index in [0.29, 0.717) is 12.3 Å². The Labute approximate surface area is 97.2 Å². The minimum Gasteiger partial charge on any atom is -0.409 e. The van der Waals surface area contributed by atoms with Crippen LogP contribution in [0.1, 0.15) is 33.1 Å². The third-order valence-corrected chi connectivity index (χ3v) is 2.79. The van der Waals surface area contributed by atoms with Crippen molar-refractivity contribution in [3.05, 3.63) is 0 Å². The lowest BCUT2D eigenvalue weighted by Crippen LogP contribution is -2.48. The van der Waals surface area contributed by atoms with Crippen LogP contribution in [0, 0.1) is 0 Å². The molecule has 5 nitrogen and oxygen atoms in total. The molecule has 1 saturated heterocycles. The van der Waals surface area contributed by atoms with Crippen molar-refractivity contribution in [3.8, 4) is 0 Å². The standard InChI is InChI=1S/C11H23N3O2/c1-11(2)9-14(7-8-16-11)6-4-3-5-10(12)13-15/h15H,3-9H2,1-2H3,(H2,12,13). The number of hydrogen-bond acceptors (Lipinski definition) is 4. The first kappa shape index (κ1) is 13.3. The third-order valence-electron chi connectivity index (χ3n) is 2.79. The maximum atomic E-state index is 8.39. The van der Waals surface area contributed by atoms with Crippen LogP contribution in [0.3, 0.4) is 0 Å². The van der Waals surface area contributed by atoms with Crippen molar-refractivity contribution < 1.29 is 9.94 Å². The molecular weight excluding hydrogens is 206 g/mol. The summed E-state index contributed by atoms with van der Waals surface area (Å²) in [5, 5.41) is 11.3. The van der Waals surface area contributed by atoms with E-state index in [1.54, 1.807) is 0 Å². The maximum Gasteiger partial charge on any atom is 0.139 e. The van der Waals surface area contributed by atoms with Gasteiger partial charge in [0.15, 0.2) is 0 Å². The molecule has 0 spiro atoms. The van der Waals surface area contributed by atoms with Gasteiger partial charge in [0, 0.05) is 19.5 Å². The van der Waals surface area contributed by atoms with E-state index in [1.165, 1.54) is 0 Å². The quantitative estimate of drug-likeness (QED) is 0.243. The van der Waals surface area contributed by atoms with E-state index in [4.69, 9.17) is 15.7 Å². The summed E-state index contributed by atoms with van der Waals surface area (Å²) in [5.74, 6) is 0.322. The molecule has 16 heavy (non-hydrogen) atoms. The summed E-state index contributed by atoms with van der Waals surface area (Å²) < 4.78 is 5.64. The van der Waals surface area contributed by atoms with E-state index in [9.17, 15) is 0 Å². The molecule has 0 amide bonds. The summed E-state index contributed by atoms with van der Waals surface area (Å²) in [7, 11) is 0. The minimum absolute atomic E-state index is 0.0240. The molecule has 1 rings (SSSR count). The van der Waals surface area contributed by atoms with E-state index < -0.39 is 0 Å². The van der Waals surface area contributed by atoms with Crippen molar-refractivity contribution in [1.29, 1.82) is 0 Å². The molecule has 0 aromatic heterocycles. The van der Waals surface area contributed by atoms with Crippen LogP contribution >= 0.6 is 0 Å². The van der Waals surface area contributed by atoms with Crippen molar-refractivity contribution >= 4 is 5.84 Å². The second-order valence-corrected chi connectivity index (χ2v) is 4.93. The molecule has 0 aromatic rings. The lowest BCUT2D eigenvalue weighted by molar-refractivity contribution is -0.0860. The van der Waals surface area contributed by atoms with Gasteiger partial charge in [-0.05, 0) is 33.2 Å². The molecule has 1 aliphatic rings. The van der Waals surface area contributed by atoms with Crippen molar-refractivity contribution in [2.24, 2.45) is 10.9 Å². The van der Waals surface area contributed by atoms with Crippen LogP contribution in [-0.4, -0.2) is 47.8 Å². The van der Waals surface area contributed by atoms with Gasteiger partial charge in [-0.15, -0.1) is 0 Å². The SMILES string of the molecule is CC1(C)CN(CCCCC(N)=NO)CCO1. The summed E-state index contributed by atoms with van der Waals surface area (Å²) in [6.45, 7) is 8.10. The third kappa shape index (κ3) is 4.81. The van der Waals surface area contributed by atoms with Gasteiger partial charge in [0.25, 0.3) is 0 Å². The number of oxime groups is 1. The summed E-state index contributed by atoms with van der Waals surface area (Å²) in [4.78, 5) is 2.41. The van der Waals surface area contributed by atoms with E-state index in [-0.39, 0.29) is 5.60 Å². The minimum atomic E-state index is -0.0240. The smallest absolute Gasteiger partial charge is 0.139 e. The van der Waals surface area contributed by atoms with Gasteiger partial charge >= 0.3 is 0 Å². The highest BCUT2D eigenvalue weighted by molar-refractivity contribution is 5.79. The van der Waals surface area contributed by atoms with Crippen LogP contribution in [0.5, 0.6) is 0 Å². The van der Waals surface area contributed by atoms with Gasteiger partial charge in [-0.25, -0.2) is 0 Å². The topological polar surface area (TPSA) is 71.1 Å². The number of nitrogens with two attached hydrogens (primary N) is 1. The monoisotopic (exact) mass is 229 g/mol. The molecule has 0 radical (unpaired) electrons. The highest BCUT2D eigenvalue weighted by atomic mass is 16.5. The maximum absolute atomic E-state index is 8.39. The number of morpholine rings is 1. The predicted octanol–water partition coefficient (Wildman–Crippen LogP) is 1.01. The van der Waals surface area contributed by atoms with Crippen molar-refractivity contribution in [3.63, 3.8) is 0 Å². The zero-order valence-electron chi connectivity index (χ0n) is 10.3. The van der Waals surface area contributed by atoms with Gasteiger partial charge in [-0.2, -0.15) is 0 Å². The van der Waals surface area contributed by atoms with E-state index in [1.807, 2.05) is 0 Å². The molecule has 0 aliphatic carbocycles. The van der Waals surface area contributed by atoms with Crippen LogP contribution in [-0.2, 0) is 4.74 Å². The summed E-state index contributed by atoms with van der Waals surface area (Å²) in [6.07, 6.45) is 2.71. The van der Waals surface area contributed by atoms with Crippen LogP contribution in [0.4, 0.5) is 0 Å². The lowest BCUT2D eigenvalue weighted by atomic mass is 10.1. The first-order valence-corrected chi connectivity index (χ1v) is 5.86. The lowest BCUT2D eigenvalue weighted by Gasteiger charge is -2.38. The fraction of sp³-hybridized carbons (Fsp3) is 0.909.